The van der Waals surface area contributed by atoms with Gasteiger partial charge in [-0.2, -0.15) is 0 Å². The van der Waals surface area contributed by atoms with Crippen LogP contribution >= 0.6 is 0 Å². The molecule has 0 aliphatic carbocycles. The summed E-state index contributed by atoms with van der Waals surface area (Å²) < 4.78 is 66.5. The average Bonchev–Trinajstić information content (AvgIpc) is 1.65. The molecular weight excluding hydrogens is 1200 g/mol. The molecule has 17 aromatic rings. The lowest BCUT2D eigenvalue weighted by atomic mass is 9.88. The van der Waals surface area contributed by atoms with Crippen molar-refractivity contribution in [2.24, 2.45) is 17.3 Å². The van der Waals surface area contributed by atoms with Crippen molar-refractivity contribution in [3.63, 3.8) is 0 Å². The smallest absolute Gasteiger partial charge is 0.227 e. The third kappa shape index (κ3) is 13.8. The molecule has 9 aromatic heterocycles. The van der Waals surface area contributed by atoms with Crippen molar-refractivity contribution in [2.45, 2.75) is 87.4 Å². The van der Waals surface area contributed by atoms with Gasteiger partial charge in [0.25, 0.3) is 0 Å². The van der Waals surface area contributed by atoms with Gasteiger partial charge < -0.3 is 17.7 Å². The van der Waals surface area contributed by atoms with Gasteiger partial charge in [-0.25, -0.2) is 4.98 Å². The predicted octanol–water partition coefficient (Wildman–Crippen LogP) is 24.8. The van der Waals surface area contributed by atoms with Crippen LogP contribution in [0.2, 0.25) is 0 Å². The molecule has 9 heterocycles. The highest BCUT2D eigenvalue weighted by Gasteiger charge is 2.20. The number of rotatable bonds is 11. The number of furan rings is 4. The predicted molar refractivity (Wildman–Crippen MR) is 405 cm³/mol. The maximum absolute atomic E-state index is 8.54. The summed E-state index contributed by atoms with van der Waals surface area (Å²) in [6.07, 6.45) is 5.17. The molecule has 0 N–H and O–H groups in total. The van der Waals surface area contributed by atoms with Crippen LogP contribution in [0.4, 0.5) is 0 Å². The summed E-state index contributed by atoms with van der Waals surface area (Å²) in [5.41, 5.74) is 18.4. The number of fused-ring (bicyclic) bond motifs is 12. The second-order valence-corrected chi connectivity index (χ2v) is 26.7. The molecule has 17 rings (SSSR count). The van der Waals surface area contributed by atoms with E-state index in [0.717, 1.165) is 150 Å². The highest BCUT2D eigenvalue weighted by atomic mass is 16.3. The van der Waals surface area contributed by atoms with Gasteiger partial charge >= 0.3 is 0 Å². The molecule has 0 radical (unpaired) electrons. The maximum Gasteiger partial charge on any atom is 0.227 e. The molecule has 0 saturated carbocycles. The Hall–Kier alpha value is -11.3. The molecule has 0 spiro atoms. The van der Waals surface area contributed by atoms with E-state index < -0.39 is 24.1 Å². The van der Waals surface area contributed by atoms with Gasteiger partial charge in [-0.15, -0.1) is 0 Å². The lowest BCUT2D eigenvalue weighted by Crippen LogP contribution is -2.09. The Bertz CT molecular complexity index is 5940. The fraction of sp³-hybridized carbons (Fsp3) is 0.180. The van der Waals surface area contributed by atoms with Crippen molar-refractivity contribution in [3.8, 4) is 56.3 Å². The second-order valence-electron chi connectivity index (χ2n) is 26.7. The van der Waals surface area contributed by atoms with E-state index in [1.807, 2.05) is 212 Å². The van der Waals surface area contributed by atoms with Crippen LogP contribution in [-0.4, -0.2) is 24.9 Å². The Kier molecular flexibility index (Phi) is 16.5. The second kappa shape index (κ2) is 27.8. The van der Waals surface area contributed by atoms with Crippen LogP contribution < -0.4 is 0 Å². The summed E-state index contributed by atoms with van der Waals surface area (Å²) in [6, 6.07) is 78.0. The van der Waals surface area contributed by atoms with Crippen molar-refractivity contribution < 1.29 is 24.5 Å². The third-order valence-corrected chi connectivity index (χ3v) is 17.1. The van der Waals surface area contributed by atoms with Crippen LogP contribution in [0.3, 0.4) is 0 Å². The molecule has 0 atom stereocenters. The van der Waals surface area contributed by atoms with E-state index in [0.29, 0.717) is 22.8 Å². The Balaban J connectivity index is 0.000000117. The molecule has 0 amide bonds. The van der Waals surface area contributed by atoms with Crippen molar-refractivity contribution in [3.05, 3.63) is 284 Å². The molecule has 0 saturated heterocycles. The minimum Gasteiger partial charge on any atom is -0.455 e. The number of para-hydroxylation sites is 7. The van der Waals surface area contributed by atoms with Gasteiger partial charge in [0.15, 0.2) is 0 Å². The fourth-order valence-corrected chi connectivity index (χ4v) is 12.7. The van der Waals surface area contributed by atoms with E-state index in [1.165, 1.54) is 5.56 Å². The number of nitrogens with zero attached hydrogens (tertiary/aromatic N) is 5. The van der Waals surface area contributed by atoms with Crippen molar-refractivity contribution in [2.75, 3.05) is 0 Å². The Morgan fingerprint density at radius 1 is 0.357 bits per heavy atom. The Morgan fingerprint density at radius 3 is 1.22 bits per heavy atom. The average molecular weight is 1290 g/mol. The normalized spacial score (nSPS) is 12.9. The molecule has 0 bridgehead atoms. The van der Waals surface area contributed by atoms with E-state index >= 15 is 0 Å². The summed E-state index contributed by atoms with van der Waals surface area (Å²) in [4.78, 5) is 22.9. The molecule has 0 aliphatic heterocycles. The molecule has 484 valence electrons. The number of hydrogen-bond acceptors (Lipinski definition) is 9. The van der Waals surface area contributed by atoms with Gasteiger partial charge in [0.2, 0.25) is 5.71 Å². The highest BCUT2D eigenvalue weighted by Crippen LogP contribution is 2.40. The summed E-state index contributed by atoms with van der Waals surface area (Å²) in [6.45, 7) is 17.7. The number of hydrogen-bond donors (Lipinski definition) is 0. The largest absolute Gasteiger partial charge is 0.455 e. The van der Waals surface area contributed by atoms with E-state index in [4.69, 9.17) is 29.5 Å². The molecule has 9 heteroatoms. The van der Waals surface area contributed by atoms with Crippen molar-refractivity contribution in [1.82, 2.24) is 24.9 Å². The zero-order valence-electron chi connectivity index (χ0n) is 61.6. The molecular formula is C89H79N5O4. The Labute approximate surface area is 578 Å². The monoisotopic (exact) mass is 1290 g/mol. The van der Waals surface area contributed by atoms with E-state index in [2.05, 4.69) is 101 Å². The minimum atomic E-state index is -1.47. The Morgan fingerprint density at radius 2 is 0.755 bits per heavy atom. The number of pyridine rings is 5. The van der Waals surface area contributed by atoms with Gasteiger partial charge in [0, 0.05) is 103 Å². The SMILES string of the molecule is CC(C)Cc1ccnc(-c2cccc3c2oc2nc(-c4ccccc4)ccc23)c1.[2H]C(C)(C)c1ccnc(-c2cccc3c2oc2ccccc23)c1.[2H]C([2H])(c1ccnc(-c2cccc3c2oc2ccccc23)c1)C(C)(C)C.[2H]C([2H])(c1ccnc(-c2cccc3c2oc2ccccc23)c1)C(C)C. The minimum absolute atomic E-state index is 0.121. The van der Waals surface area contributed by atoms with Crippen LogP contribution in [0.1, 0.15) is 97.3 Å². The summed E-state index contributed by atoms with van der Waals surface area (Å²) in [7, 11) is 0. The van der Waals surface area contributed by atoms with Crippen molar-refractivity contribution in [1.29, 1.82) is 0 Å². The van der Waals surface area contributed by atoms with E-state index in [9.17, 15) is 0 Å². The first-order valence-electron chi connectivity index (χ1n) is 35.9. The van der Waals surface area contributed by atoms with E-state index in [-0.39, 0.29) is 5.92 Å². The molecule has 98 heavy (non-hydrogen) atoms. The topological polar surface area (TPSA) is 117 Å². The van der Waals surface area contributed by atoms with Crippen molar-refractivity contribution >= 4 is 87.9 Å². The quantitative estimate of drug-likeness (QED) is 0.125. The van der Waals surface area contributed by atoms with Crippen LogP contribution in [0.15, 0.2) is 279 Å². The maximum atomic E-state index is 8.54. The zero-order valence-corrected chi connectivity index (χ0v) is 56.6. The standard InChI is InChI=1S/C26H22N2O.C22H21NO.C21H19NO.C20H17NO/c1-17(2)15-18-13-14-27-24(16-18)22-10-6-9-20-21-11-12-23(19-7-4-3-5-8-19)28-26(21)29-25(20)22;1-22(2,3)14-15-11-12-23-19(13-15)18-9-6-8-17-16-7-4-5-10-20(16)24-21(17)18;1-14(2)12-15-10-11-22-19(13-15)18-8-5-7-17-16-6-3-4-9-20(16)23-21(17)18;1-13(2)14-10-11-21-18(12-14)17-8-5-7-16-15-6-3-4-9-19(15)22-20(16)17/h3-14,16-17H,15H2,1-2H3;4-13H,14H2,1-3H3;3-11,13-14H,12H2,1-2H3;3-13H,1-2H3/i;14D2;12D2;13D. The van der Waals surface area contributed by atoms with Gasteiger partial charge in [0.1, 0.15) is 39.1 Å². The fourth-order valence-electron chi connectivity index (χ4n) is 12.7. The first-order chi connectivity index (χ1) is 49.5. The number of aromatic nitrogens is 5. The van der Waals surface area contributed by atoms with Gasteiger partial charge in [-0.3, -0.25) is 19.9 Å². The summed E-state index contributed by atoms with van der Waals surface area (Å²) >= 11 is 0. The van der Waals surface area contributed by atoms with Crippen LogP contribution in [0.5, 0.6) is 0 Å². The van der Waals surface area contributed by atoms with Gasteiger partial charge in [0.05, 0.1) is 28.5 Å². The highest BCUT2D eigenvalue weighted by molar-refractivity contribution is 6.12. The summed E-state index contributed by atoms with van der Waals surface area (Å²) in [5.74, 6) is -0.169. The molecule has 8 aromatic carbocycles. The molecule has 0 unspecified atom stereocenters. The first kappa shape index (κ1) is 58.1. The molecule has 0 aliphatic rings. The summed E-state index contributed by atoms with van der Waals surface area (Å²) in [5, 5.41) is 8.55. The van der Waals surface area contributed by atoms with Crippen LogP contribution in [-0.2, 0) is 19.2 Å². The van der Waals surface area contributed by atoms with Gasteiger partial charge in [-0.1, -0.05) is 196 Å². The lowest BCUT2D eigenvalue weighted by molar-refractivity contribution is 0.411. The molecule has 9 nitrogen and oxygen atoms in total. The van der Waals surface area contributed by atoms with Crippen LogP contribution in [0.25, 0.3) is 144 Å². The van der Waals surface area contributed by atoms with Gasteiger partial charge in [-0.05, 0) is 168 Å². The zero-order chi connectivity index (χ0) is 72.0. The molecule has 0 fully saturated rings. The first-order valence-corrected chi connectivity index (χ1v) is 33.4. The van der Waals surface area contributed by atoms with E-state index in [1.54, 1.807) is 30.7 Å². The number of benzene rings is 8. The van der Waals surface area contributed by atoms with Crippen LogP contribution in [0, 0.1) is 17.3 Å². The third-order valence-electron chi connectivity index (χ3n) is 17.1. The lowest BCUT2D eigenvalue weighted by Gasteiger charge is -2.18.